The predicted molar refractivity (Wildman–Crippen MR) is 53.9 cm³/mol. The van der Waals surface area contributed by atoms with Crippen molar-refractivity contribution in [1.29, 1.82) is 0 Å². The van der Waals surface area contributed by atoms with Crippen LogP contribution in [0.2, 0.25) is 0 Å². The second-order valence-corrected chi connectivity index (χ2v) is 6.28. The van der Waals surface area contributed by atoms with E-state index < -0.39 is 15.9 Å². The maximum absolute atomic E-state index is 10.9. The minimum atomic E-state index is -2.98. The fourth-order valence-electron chi connectivity index (χ4n) is 1.59. The van der Waals surface area contributed by atoms with Gasteiger partial charge in [-0.05, 0) is 25.2 Å². The zero-order valence-corrected chi connectivity index (χ0v) is 9.46. The molecule has 1 fully saturated rings. The number of hydrogen-bond acceptors (Lipinski definition) is 4. The third-order valence-electron chi connectivity index (χ3n) is 2.52. The van der Waals surface area contributed by atoms with Crippen LogP contribution in [-0.4, -0.2) is 44.9 Å². The Labute approximate surface area is 85.2 Å². The monoisotopic (exact) mass is 222 g/mol. The fraction of sp³-hybridized carbons (Fsp3) is 1.00. The Balaban J connectivity index is 2.35. The summed E-state index contributed by atoms with van der Waals surface area (Å²) < 4.78 is 26.9. The molecule has 1 aliphatic rings. The summed E-state index contributed by atoms with van der Waals surface area (Å²) >= 11 is 0. The van der Waals surface area contributed by atoms with Gasteiger partial charge >= 0.3 is 0 Å². The molecule has 0 aromatic carbocycles. The summed E-state index contributed by atoms with van der Waals surface area (Å²) in [6.45, 7) is 0. The number of methoxy groups -OCH3 is 1. The van der Waals surface area contributed by atoms with Gasteiger partial charge in [0.25, 0.3) is 0 Å². The van der Waals surface area contributed by atoms with E-state index in [-0.39, 0.29) is 18.3 Å². The summed E-state index contributed by atoms with van der Waals surface area (Å²) in [5.41, 5.74) is 0. The number of rotatable bonds is 6. The molecule has 0 heterocycles. The number of aliphatic hydroxyl groups is 1. The average Bonchev–Trinajstić information content (AvgIpc) is 2.85. The van der Waals surface area contributed by atoms with Gasteiger partial charge in [-0.1, -0.05) is 0 Å². The Kier molecular flexibility index (Phi) is 3.92. The minimum Gasteiger partial charge on any atom is -0.390 e. The summed E-state index contributed by atoms with van der Waals surface area (Å²) in [4.78, 5) is 0. The van der Waals surface area contributed by atoms with Gasteiger partial charge in [0, 0.05) is 13.4 Å². The van der Waals surface area contributed by atoms with Gasteiger partial charge < -0.3 is 9.84 Å². The first-order chi connectivity index (χ1) is 6.44. The molecule has 0 saturated heterocycles. The van der Waals surface area contributed by atoms with Crippen molar-refractivity contribution < 1.29 is 18.3 Å². The lowest BCUT2D eigenvalue weighted by Crippen LogP contribution is -2.31. The highest BCUT2D eigenvalue weighted by molar-refractivity contribution is 7.90. The van der Waals surface area contributed by atoms with Gasteiger partial charge in [0.1, 0.15) is 9.84 Å². The van der Waals surface area contributed by atoms with Crippen molar-refractivity contribution in [2.75, 3.05) is 19.1 Å². The first kappa shape index (κ1) is 11.9. The predicted octanol–water partition coefficient (Wildman–Crippen LogP) is 0.207. The molecule has 5 heteroatoms. The van der Waals surface area contributed by atoms with Crippen LogP contribution in [0.1, 0.15) is 19.3 Å². The van der Waals surface area contributed by atoms with Crippen LogP contribution in [0.4, 0.5) is 0 Å². The van der Waals surface area contributed by atoms with E-state index in [1.807, 2.05) is 0 Å². The lowest BCUT2D eigenvalue weighted by atomic mass is 10.1. The zero-order chi connectivity index (χ0) is 10.8. The fourth-order valence-corrected chi connectivity index (χ4v) is 2.26. The van der Waals surface area contributed by atoms with E-state index in [1.54, 1.807) is 7.11 Å². The lowest BCUT2D eigenvalue weighted by Gasteiger charge is -2.20. The Hall–Kier alpha value is -0.130. The van der Waals surface area contributed by atoms with Crippen LogP contribution >= 0.6 is 0 Å². The molecule has 84 valence electrons. The van der Waals surface area contributed by atoms with Crippen molar-refractivity contribution in [3.63, 3.8) is 0 Å². The second-order valence-electron chi connectivity index (χ2n) is 4.02. The molecule has 0 radical (unpaired) electrons. The number of sulfone groups is 1. The normalized spacial score (nSPS) is 21.9. The van der Waals surface area contributed by atoms with Gasteiger partial charge in [-0.2, -0.15) is 0 Å². The summed E-state index contributed by atoms with van der Waals surface area (Å²) in [6, 6.07) is 0. The van der Waals surface area contributed by atoms with Crippen LogP contribution < -0.4 is 0 Å². The Morgan fingerprint density at radius 3 is 2.43 bits per heavy atom. The van der Waals surface area contributed by atoms with Crippen LogP contribution in [0.25, 0.3) is 0 Å². The highest BCUT2D eigenvalue weighted by Crippen LogP contribution is 2.36. The van der Waals surface area contributed by atoms with E-state index in [0.29, 0.717) is 5.92 Å². The van der Waals surface area contributed by atoms with E-state index in [4.69, 9.17) is 4.74 Å². The molecule has 0 spiro atoms. The maximum atomic E-state index is 10.9. The molecule has 1 aliphatic carbocycles. The smallest absolute Gasteiger partial charge is 0.147 e. The summed E-state index contributed by atoms with van der Waals surface area (Å²) in [7, 11) is -1.42. The summed E-state index contributed by atoms with van der Waals surface area (Å²) in [5.74, 6) is 0.454. The summed E-state index contributed by atoms with van der Waals surface area (Å²) in [6.07, 6.45) is 2.77. The van der Waals surface area contributed by atoms with Gasteiger partial charge in [-0.15, -0.1) is 0 Å². The number of hydrogen-bond donors (Lipinski definition) is 1. The minimum absolute atomic E-state index is 0.0285. The molecule has 2 atom stereocenters. The van der Waals surface area contributed by atoms with Crippen LogP contribution in [0.5, 0.6) is 0 Å². The Morgan fingerprint density at radius 1 is 1.50 bits per heavy atom. The third-order valence-corrected chi connectivity index (χ3v) is 3.50. The van der Waals surface area contributed by atoms with E-state index >= 15 is 0 Å². The SMILES string of the molecule is COC(C(O)CCS(C)(=O)=O)C1CC1. The van der Waals surface area contributed by atoms with E-state index in [2.05, 4.69) is 0 Å². The molecule has 1 rings (SSSR count). The van der Waals surface area contributed by atoms with Crippen molar-refractivity contribution in [1.82, 2.24) is 0 Å². The average molecular weight is 222 g/mol. The van der Waals surface area contributed by atoms with E-state index in [1.165, 1.54) is 6.26 Å². The number of aliphatic hydroxyl groups excluding tert-OH is 1. The Bertz CT molecular complexity index is 269. The third kappa shape index (κ3) is 3.94. The van der Waals surface area contributed by atoms with Crippen LogP contribution in [-0.2, 0) is 14.6 Å². The topological polar surface area (TPSA) is 63.6 Å². The van der Waals surface area contributed by atoms with Gasteiger partial charge in [0.15, 0.2) is 0 Å². The molecule has 1 saturated carbocycles. The maximum Gasteiger partial charge on any atom is 0.147 e. The largest absolute Gasteiger partial charge is 0.390 e. The molecule has 0 aromatic heterocycles. The van der Waals surface area contributed by atoms with Crippen molar-refractivity contribution in [3.05, 3.63) is 0 Å². The lowest BCUT2D eigenvalue weighted by molar-refractivity contribution is -0.0252. The zero-order valence-electron chi connectivity index (χ0n) is 8.64. The summed E-state index contributed by atoms with van der Waals surface area (Å²) in [5, 5.41) is 9.69. The van der Waals surface area contributed by atoms with Gasteiger partial charge in [0.05, 0.1) is 18.0 Å². The van der Waals surface area contributed by atoms with Crippen LogP contribution in [0.15, 0.2) is 0 Å². The molecular weight excluding hydrogens is 204 g/mol. The first-order valence-corrected chi connectivity index (χ1v) is 6.88. The standard InChI is InChI=1S/C9H18O4S/c1-13-9(7-3-4-7)8(10)5-6-14(2,11)12/h7-10H,3-6H2,1-2H3. The van der Waals surface area contributed by atoms with E-state index in [9.17, 15) is 13.5 Å². The van der Waals surface area contributed by atoms with Crippen molar-refractivity contribution in [2.24, 2.45) is 5.92 Å². The van der Waals surface area contributed by atoms with Crippen molar-refractivity contribution in [3.8, 4) is 0 Å². The highest BCUT2D eigenvalue weighted by atomic mass is 32.2. The molecule has 2 unspecified atom stereocenters. The van der Waals surface area contributed by atoms with E-state index in [0.717, 1.165) is 12.8 Å². The van der Waals surface area contributed by atoms with Crippen molar-refractivity contribution in [2.45, 2.75) is 31.5 Å². The molecule has 0 amide bonds. The molecule has 1 N–H and O–H groups in total. The Morgan fingerprint density at radius 2 is 2.07 bits per heavy atom. The number of ether oxygens (including phenoxy) is 1. The molecular formula is C9H18O4S. The first-order valence-electron chi connectivity index (χ1n) is 4.82. The second kappa shape index (κ2) is 4.59. The molecule has 0 aliphatic heterocycles. The van der Waals surface area contributed by atoms with Gasteiger partial charge in [0.2, 0.25) is 0 Å². The quantitative estimate of drug-likeness (QED) is 0.697. The van der Waals surface area contributed by atoms with Gasteiger partial charge in [-0.3, -0.25) is 0 Å². The molecule has 0 bridgehead atoms. The van der Waals surface area contributed by atoms with Crippen molar-refractivity contribution >= 4 is 9.84 Å². The molecule has 0 aromatic rings. The van der Waals surface area contributed by atoms with Crippen LogP contribution in [0, 0.1) is 5.92 Å². The van der Waals surface area contributed by atoms with Crippen LogP contribution in [0.3, 0.4) is 0 Å². The molecule has 14 heavy (non-hydrogen) atoms. The molecule has 4 nitrogen and oxygen atoms in total. The van der Waals surface area contributed by atoms with Gasteiger partial charge in [-0.25, -0.2) is 8.42 Å². The highest BCUT2D eigenvalue weighted by Gasteiger charge is 2.36.